The van der Waals surface area contributed by atoms with E-state index in [1.807, 2.05) is 0 Å². The molecule has 0 radical (unpaired) electrons. The first kappa shape index (κ1) is 14.7. The van der Waals surface area contributed by atoms with E-state index in [0.717, 1.165) is 0 Å². The van der Waals surface area contributed by atoms with Crippen molar-refractivity contribution in [2.45, 2.75) is 12.5 Å². The third-order valence-electron chi connectivity index (χ3n) is 3.09. The van der Waals surface area contributed by atoms with Crippen LogP contribution in [0, 0.1) is 5.82 Å². The minimum atomic E-state index is -0.322. The highest BCUT2D eigenvalue weighted by Gasteiger charge is 2.23. The first-order chi connectivity index (χ1) is 9.69. The summed E-state index contributed by atoms with van der Waals surface area (Å²) in [5.41, 5.74) is 0. The van der Waals surface area contributed by atoms with Crippen LogP contribution >= 0.6 is 0 Å². The summed E-state index contributed by atoms with van der Waals surface area (Å²) in [5.74, 6) is 0.181. The van der Waals surface area contributed by atoms with Crippen molar-refractivity contribution in [1.82, 2.24) is 4.90 Å². The van der Waals surface area contributed by atoms with Gasteiger partial charge in [0.25, 0.3) is 0 Å². The number of aliphatic hydroxyl groups excluding tert-OH is 1. The van der Waals surface area contributed by atoms with Gasteiger partial charge in [-0.1, -0.05) is 0 Å². The minimum absolute atomic E-state index is 0.0335. The maximum absolute atomic E-state index is 12.7. The van der Waals surface area contributed by atoms with Gasteiger partial charge in [-0.2, -0.15) is 0 Å². The van der Waals surface area contributed by atoms with Crippen molar-refractivity contribution < 1.29 is 23.8 Å². The van der Waals surface area contributed by atoms with Crippen molar-refractivity contribution in [3.8, 4) is 5.75 Å². The van der Waals surface area contributed by atoms with Gasteiger partial charge in [0, 0.05) is 13.1 Å². The predicted molar refractivity (Wildman–Crippen MR) is 69.9 cm³/mol. The van der Waals surface area contributed by atoms with Crippen molar-refractivity contribution in [2.24, 2.45) is 0 Å². The monoisotopic (exact) mass is 283 g/mol. The smallest absolute Gasteiger partial charge is 0.226 e. The summed E-state index contributed by atoms with van der Waals surface area (Å²) in [6, 6.07) is 5.67. The number of nitrogens with zero attached hydrogens (tertiary/aromatic N) is 1. The number of aliphatic hydroxyl groups is 1. The average Bonchev–Trinajstić information content (AvgIpc) is 2.49. The lowest BCUT2D eigenvalue weighted by Gasteiger charge is -2.32. The molecule has 1 fully saturated rings. The molecule has 20 heavy (non-hydrogen) atoms. The standard InChI is InChI=1S/C14H18FNO4/c15-11-1-3-12(4-2-11)19-7-5-14(18)16-6-8-20-13(9-16)10-17/h1-4,13,17H,5-10H2. The lowest BCUT2D eigenvalue weighted by Crippen LogP contribution is -2.47. The Morgan fingerprint density at radius 1 is 1.45 bits per heavy atom. The molecule has 110 valence electrons. The fraction of sp³-hybridized carbons (Fsp3) is 0.500. The number of benzene rings is 1. The number of halogens is 1. The Labute approximate surface area is 116 Å². The predicted octanol–water partition coefficient (Wildman–Crippen LogP) is 0.814. The molecule has 1 aliphatic rings. The molecule has 1 N–H and O–H groups in total. The summed E-state index contributed by atoms with van der Waals surface area (Å²) >= 11 is 0. The molecule has 1 unspecified atom stereocenters. The second kappa shape index (κ2) is 7.21. The van der Waals surface area contributed by atoms with E-state index in [0.29, 0.717) is 25.4 Å². The van der Waals surface area contributed by atoms with Gasteiger partial charge in [0.15, 0.2) is 0 Å². The minimum Gasteiger partial charge on any atom is -0.493 e. The molecule has 0 bridgehead atoms. The van der Waals surface area contributed by atoms with E-state index < -0.39 is 0 Å². The molecule has 1 aromatic rings. The molecule has 1 heterocycles. The van der Waals surface area contributed by atoms with Gasteiger partial charge < -0.3 is 19.5 Å². The highest BCUT2D eigenvalue weighted by molar-refractivity contribution is 5.76. The van der Waals surface area contributed by atoms with Gasteiger partial charge in [-0.25, -0.2) is 4.39 Å². The first-order valence-corrected chi connectivity index (χ1v) is 6.57. The van der Waals surface area contributed by atoms with E-state index in [9.17, 15) is 9.18 Å². The largest absolute Gasteiger partial charge is 0.493 e. The molecular formula is C14H18FNO4. The fourth-order valence-corrected chi connectivity index (χ4v) is 2.00. The summed E-state index contributed by atoms with van der Waals surface area (Å²) in [5, 5.41) is 9.02. The third-order valence-corrected chi connectivity index (χ3v) is 3.09. The molecule has 1 saturated heterocycles. The molecule has 0 saturated carbocycles. The molecule has 1 atom stereocenters. The van der Waals surface area contributed by atoms with Crippen LogP contribution in [0.25, 0.3) is 0 Å². The van der Waals surface area contributed by atoms with E-state index in [2.05, 4.69) is 0 Å². The Bertz CT molecular complexity index is 437. The zero-order chi connectivity index (χ0) is 14.4. The van der Waals surface area contributed by atoms with Gasteiger partial charge in [-0.15, -0.1) is 0 Å². The number of carbonyl (C=O) groups excluding carboxylic acids is 1. The summed E-state index contributed by atoms with van der Waals surface area (Å²) in [6.45, 7) is 1.54. The third kappa shape index (κ3) is 4.18. The zero-order valence-corrected chi connectivity index (χ0v) is 11.1. The SMILES string of the molecule is O=C(CCOc1ccc(F)cc1)N1CCOC(CO)C1. The Balaban J connectivity index is 1.73. The normalized spacial score (nSPS) is 18.9. The number of hydrogen-bond acceptors (Lipinski definition) is 4. The molecule has 1 amide bonds. The number of rotatable bonds is 5. The van der Waals surface area contributed by atoms with Crippen LogP contribution in [0.3, 0.4) is 0 Å². The number of morpholine rings is 1. The first-order valence-electron chi connectivity index (χ1n) is 6.57. The van der Waals surface area contributed by atoms with Crippen molar-refractivity contribution in [3.05, 3.63) is 30.1 Å². The van der Waals surface area contributed by atoms with Gasteiger partial charge >= 0.3 is 0 Å². The van der Waals surface area contributed by atoms with Gasteiger partial charge in [0.05, 0.1) is 32.3 Å². The fourth-order valence-electron chi connectivity index (χ4n) is 2.00. The van der Waals surface area contributed by atoms with Crippen LogP contribution in [0.4, 0.5) is 4.39 Å². The Morgan fingerprint density at radius 3 is 2.90 bits per heavy atom. The van der Waals surface area contributed by atoms with E-state index in [1.54, 1.807) is 4.90 Å². The summed E-state index contributed by atoms with van der Waals surface area (Å²) in [4.78, 5) is 13.6. The highest BCUT2D eigenvalue weighted by atomic mass is 19.1. The lowest BCUT2D eigenvalue weighted by molar-refractivity contribution is -0.140. The zero-order valence-electron chi connectivity index (χ0n) is 11.1. The van der Waals surface area contributed by atoms with Crippen LogP contribution in [-0.4, -0.2) is 54.9 Å². The molecular weight excluding hydrogens is 265 g/mol. The van der Waals surface area contributed by atoms with Crippen LogP contribution in [0.5, 0.6) is 5.75 Å². The van der Waals surface area contributed by atoms with Gasteiger partial charge in [-0.05, 0) is 24.3 Å². The number of ether oxygens (including phenoxy) is 2. The molecule has 0 spiro atoms. The summed E-state index contributed by atoms with van der Waals surface area (Å²) in [7, 11) is 0. The maximum atomic E-state index is 12.7. The maximum Gasteiger partial charge on any atom is 0.226 e. The van der Waals surface area contributed by atoms with Crippen LogP contribution in [0.2, 0.25) is 0 Å². The quantitative estimate of drug-likeness (QED) is 0.869. The molecule has 0 aliphatic carbocycles. The van der Waals surface area contributed by atoms with Crippen LogP contribution < -0.4 is 4.74 Å². The topological polar surface area (TPSA) is 59.0 Å². The molecule has 5 nitrogen and oxygen atoms in total. The Hall–Kier alpha value is -1.66. The van der Waals surface area contributed by atoms with Crippen LogP contribution in [0.1, 0.15) is 6.42 Å². The second-order valence-electron chi connectivity index (χ2n) is 4.57. The number of carbonyl (C=O) groups is 1. The highest BCUT2D eigenvalue weighted by Crippen LogP contribution is 2.12. The van der Waals surface area contributed by atoms with Gasteiger partial charge in [0.2, 0.25) is 5.91 Å². The molecule has 1 aromatic carbocycles. The summed E-state index contributed by atoms with van der Waals surface area (Å²) in [6.07, 6.45) is -0.0547. The van der Waals surface area contributed by atoms with Crippen molar-refractivity contribution >= 4 is 5.91 Å². The van der Waals surface area contributed by atoms with Crippen LogP contribution in [-0.2, 0) is 9.53 Å². The number of amides is 1. The van der Waals surface area contributed by atoms with E-state index in [-0.39, 0.29) is 37.5 Å². The molecule has 2 rings (SSSR count). The Kier molecular flexibility index (Phi) is 5.31. The van der Waals surface area contributed by atoms with E-state index in [1.165, 1.54) is 24.3 Å². The summed E-state index contributed by atoms with van der Waals surface area (Å²) < 4.78 is 23.4. The molecule has 0 aromatic heterocycles. The molecule has 1 aliphatic heterocycles. The number of hydrogen-bond donors (Lipinski definition) is 1. The average molecular weight is 283 g/mol. The lowest BCUT2D eigenvalue weighted by atomic mass is 10.2. The van der Waals surface area contributed by atoms with Crippen molar-refractivity contribution in [2.75, 3.05) is 32.9 Å². The van der Waals surface area contributed by atoms with Crippen molar-refractivity contribution in [3.63, 3.8) is 0 Å². The van der Waals surface area contributed by atoms with Crippen LogP contribution in [0.15, 0.2) is 24.3 Å². The Morgan fingerprint density at radius 2 is 2.20 bits per heavy atom. The van der Waals surface area contributed by atoms with E-state index in [4.69, 9.17) is 14.6 Å². The molecule has 6 heteroatoms. The van der Waals surface area contributed by atoms with Crippen molar-refractivity contribution in [1.29, 1.82) is 0 Å². The van der Waals surface area contributed by atoms with E-state index >= 15 is 0 Å². The van der Waals surface area contributed by atoms with Gasteiger partial charge in [0.1, 0.15) is 11.6 Å². The van der Waals surface area contributed by atoms with Gasteiger partial charge in [-0.3, -0.25) is 4.79 Å². The second-order valence-corrected chi connectivity index (χ2v) is 4.57.